The van der Waals surface area contributed by atoms with E-state index in [-0.39, 0.29) is 22.4 Å². The van der Waals surface area contributed by atoms with E-state index in [0.29, 0.717) is 11.3 Å². The highest BCUT2D eigenvalue weighted by molar-refractivity contribution is 9.10. The molecule has 0 spiro atoms. The molecule has 2 rings (SSSR count). The second kappa shape index (κ2) is 4.94. The molecule has 0 saturated carbocycles. The summed E-state index contributed by atoms with van der Waals surface area (Å²) < 4.78 is 51.2. The van der Waals surface area contributed by atoms with Crippen molar-refractivity contribution in [3.8, 4) is 0 Å². The molecule has 104 valence electrons. The molecule has 2 nitrogen and oxygen atoms in total. The van der Waals surface area contributed by atoms with Gasteiger partial charge < -0.3 is 5.32 Å². The first-order valence-electron chi connectivity index (χ1n) is 5.15. The average Bonchev–Trinajstić information content (AvgIpc) is 2.65. The number of benzene rings is 1. The summed E-state index contributed by atoms with van der Waals surface area (Å²) in [4.78, 5) is 11.2. The van der Waals surface area contributed by atoms with Crippen LogP contribution in [-0.2, 0) is 11.2 Å². The number of carbonyl (C=O) groups excluding carboxylic acids is 1. The molecule has 0 aromatic heterocycles. The molecule has 1 aromatic rings. The number of hydrogen-bond acceptors (Lipinski definition) is 1. The summed E-state index contributed by atoms with van der Waals surface area (Å²) in [5.41, 5.74) is 0.756. The highest BCUT2D eigenvalue weighted by atomic mass is 79.9. The second-order valence-corrected chi connectivity index (χ2v) is 5.38. The Kier molecular flexibility index (Phi) is 3.79. The van der Waals surface area contributed by atoms with Crippen molar-refractivity contribution in [2.75, 3.05) is 5.32 Å². The van der Waals surface area contributed by atoms with Crippen molar-refractivity contribution in [2.45, 2.75) is 24.1 Å². The van der Waals surface area contributed by atoms with E-state index < -0.39 is 17.7 Å². The van der Waals surface area contributed by atoms with Crippen molar-refractivity contribution >= 4 is 39.1 Å². The molecule has 1 aromatic carbocycles. The van der Waals surface area contributed by atoms with Crippen molar-refractivity contribution in [1.29, 1.82) is 0 Å². The van der Waals surface area contributed by atoms with Crippen molar-refractivity contribution in [3.05, 3.63) is 27.7 Å². The maximum Gasteiger partial charge on any atom is 0.327 e. The fourth-order valence-corrected chi connectivity index (χ4v) is 2.76. The predicted molar refractivity (Wildman–Crippen MR) is 66.0 cm³/mol. The van der Waals surface area contributed by atoms with Crippen LogP contribution in [-0.4, -0.2) is 18.3 Å². The van der Waals surface area contributed by atoms with Crippen molar-refractivity contribution in [2.24, 2.45) is 0 Å². The monoisotopic (exact) mass is 359 g/mol. The Labute approximate surface area is 119 Å². The Morgan fingerprint density at radius 1 is 1.37 bits per heavy atom. The van der Waals surface area contributed by atoms with Gasteiger partial charge in [0.2, 0.25) is 5.91 Å². The fourth-order valence-electron chi connectivity index (χ4n) is 1.78. The Morgan fingerprint density at radius 2 is 2.00 bits per heavy atom. The van der Waals surface area contributed by atoms with E-state index in [1.807, 2.05) is 0 Å². The zero-order valence-electron chi connectivity index (χ0n) is 9.19. The summed E-state index contributed by atoms with van der Waals surface area (Å²) >= 11 is 8.47. The lowest BCUT2D eigenvalue weighted by Crippen LogP contribution is -2.31. The van der Waals surface area contributed by atoms with Gasteiger partial charge in [0.1, 0.15) is 5.38 Å². The van der Waals surface area contributed by atoms with E-state index in [2.05, 4.69) is 21.2 Å². The number of hydrogen-bond donors (Lipinski definition) is 1. The number of nitrogens with one attached hydrogen (secondary N) is 1. The third-order valence-electron chi connectivity index (χ3n) is 2.75. The number of fused-ring (bicyclic) bond motifs is 1. The zero-order valence-corrected chi connectivity index (χ0v) is 11.5. The van der Waals surface area contributed by atoms with E-state index in [4.69, 9.17) is 11.6 Å². The maximum atomic E-state index is 13.2. The van der Waals surface area contributed by atoms with Crippen LogP contribution < -0.4 is 5.32 Å². The Morgan fingerprint density at radius 3 is 2.58 bits per heavy atom. The van der Waals surface area contributed by atoms with Gasteiger partial charge >= 0.3 is 12.3 Å². The minimum Gasteiger partial charge on any atom is -0.325 e. The quantitative estimate of drug-likeness (QED) is 0.637. The molecule has 1 aliphatic heterocycles. The molecule has 1 amide bonds. The lowest BCUT2D eigenvalue weighted by molar-refractivity contribution is -0.130. The van der Waals surface area contributed by atoms with Crippen LogP contribution in [0.25, 0.3) is 0 Å². The number of alkyl halides is 5. The summed E-state index contributed by atoms with van der Waals surface area (Å²) in [7, 11) is 0. The topological polar surface area (TPSA) is 29.1 Å². The third kappa shape index (κ3) is 2.58. The lowest BCUT2D eigenvalue weighted by Gasteiger charge is -2.22. The molecule has 0 saturated heterocycles. The van der Waals surface area contributed by atoms with Gasteiger partial charge in [-0.15, -0.1) is 11.6 Å². The lowest BCUT2D eigenvalue weighted by atomic mass is 10.0. The van der Waals surface area contributed by atoms with Crippen LogP contribution in [0.5, 0.6) is 0 Å². The van der Waals surface area contributed by atoms with Crippen LogP contribution in [0, 0.1) is 0 Å². The minimum absolute atomic E-state index is 0.0134. The second-order valence-electron chi connectivity index (χ2n) is 4.09. The number of halogens is 6. The summed E-state index contributed by atoms with van der Waals surface area (Å²) in [5, 5.41) is 0.340. The van der Waals surface area contributed by atoms with E-state index >= 15 is 0 Å². The van der Waals surface area contributed by atoms with Gasteiger partial charge in [-0.3, -0.25) is 4.79 Å². The molecule has 1 N–H and O–H groups in total. The highest BCUT2D eigenvalue weighted by Gasteiger charge is 2.49. The minimum atomic E-state index is -4.35. The molecular weight excluding hydrogens is 353 g/mol. The smallest absolute Gasteiger partial charge is 0.325 e. The van der Waals surface area contributed by atoms with E-state index in [1.165, 1.54) is 12.1 Å². The molecule has 1 aliphatic rings. The fraction of sp³-hybridized carbons (Fsp3) is 0.364. The molecular formula is C11H7BrClF4NO. The first-order chi connectivity index (χ1) is 8.73. The Hall–Kier alpha value is -0.820. The maximum absolute atomic E-state index is 13.2. The van der Waals surface area contributed by atoms with Crippen LogP contribution >= 0.6 is 27.5 Å². The number of amides is 1. The largest absolute Gasteiger partial charge is 0.327 e. The van der Waals surface area contributed by atoms with Gasteiger partial charge in [-0.05, 0) is 17.2 Å². The average molecular weight is 361 g/mol. The zero-order chi connectivity index (χ0) is 14.4. The van der Waals surface area contributed by atoms with E-state index in [1.54, 1.807) is 0 Å². The van der Waals surface area contributed by atoms with Crippen molar-refractivity contribution < 1.29 is 22.4 Å². The van der Waals surface area contributed by atoms with Gasteiger partial charge in [0, 0.05) is 10.2 Å². The van der Waals surface area contributed by atoms with Crippen LogP contribution in [0.15, 0.2) is 16.6 Å². The Bertz CT molecular complexity index is 538. The molecule has 1 atom stereocenters. The van der Waals surface area contributed by atoms with Gasteiger partial charge in [0.05, 0.1) is 6.42 Å². The highest BCUT2D eigenvalue weighted by Crippen LogP contribution is 2.45. The number of anilines is 1. The van der Waals surface area contributed by atoms with Gasteiger partial charge in [0.25, 0.3) is 0 Å². The van der Waals surface area contributed by atoms with Crippen molar-refractivity contribution in [1.82, 2.24) is 0 Å². The molecule has 1 unspecified atom stereocenters. The molecule has 1 heterocycles. The summed E-state index contributed by atoms with van der Waals surface area (Å²) in [5.74, 6) is -4.64. The molecule has 19 heavy (non-hydrogen) atoms. The third-order valence-corrected chi connectivity index (χ3v) is 3.96. The van der Waals surface area contributed by atoms with Crippen LogP contribution in [0.1, 0.15) is 16.5 Å². The van der Waals surface area contributed by atoms with Crippen molar-refractivity contribution in [3.63, 3.8) is 0 Å². The summed E-state index contributed by atoms with van der Waals surface area (Å²) in [6.45, 7) is 0. The first-order valence-corrected chi connectivity index (χ1v) is 6.38. The van der Waals surface area contributed by atoms with Gasteiger partial charge in [-0.25, -0.2) is 8.78 Å². The molecule has 0 bridgehead atoms. The number of rotatable bonds is 3. The molecule has 0 radical (unpaired) electrons. The standard InChI is InChI=1S/C11H7BrClF4NO/c12-6-3-7-4(2-8(19)18-7)1-5(6)9(13)11(16,17)10(14)15/h1,3,9-10H,2H2,(H,18,19). The SMILES string of the molecule is O=C1Cc2cc(C(Cl)C(F)(F)C(F)F)c(Br)cc2N1. The first kappa shape index (κ1) is 14.6. The van der Waals surface area contributed by atoms with Gasteiger partial charge in [0.15, 0.2) is 0 Å². The summed E-state index contributed by atoms with van der Waals surface area (Å²) in [6.07, 6.45) is -3.85. The predicted octanol–water partition coefficient (Wildman–Crippen LogP) is 4.12. The summed E-state index contributed by atoms with van der Waals surface area (Å²) in [6, 6.07) is 2.62. The normalized spacial score (nSPS) is 16.5. The van der Waals surface area contributed by atoms with Crippen LogP contribution in [0.2, 0.25) is 0 Å². The number of carbonyl (C=O) groups is 1. The molecule has 0 aliphatic carbocycles. The van der Waals surface area contributed by atoms with Crippen LogP contribution in [0.4, 0.5) is 23.2 Å². The van der Waals surface area contributed by atoms with Crippen LogP contribution in [0.3, 0.4) is 0 Å². The Balaban J connectivity index is 2.42. The van der Waals surface area contributed by atoms with Gasteiger partial charge in [-0.2, -0.15) is 8.78 Å². The molecule has 8 heteroatoms. The molecule has 0 fully saturated rings. The van der Waals surface area contributed by atoms with Gasteiger partial charge in [-0.1, -0.05) is 22.0 Å². The van der Waals surface area contributed by atoms with E-state index in [9.17, 15) is 22.4 Å². The van der Waals surface area contributed by atoms with E-state index in [0.717, 1.165) is 0 Å².